The first-order valence-electron chi connectivity index (χ1n) is 7.09. The maximum Gasteiger partial charge on any atom is 0.290 e. The first kappa shape index (κ1) is 14.2. The Bertz CT molecular complexity index is 1200. The van der Waals surface area contributed by atoms with Gasteiger partial charge in [0.05, 0.1) is 15.6 Å². The Balaban J connectivity index is 2.31. The Labute approximate surface area is 139 Å². The molecule has 0 unspecified atom stereocenters. The summed E-state index contributed by atoms with van der Waals surface area (Å²) < 4.78 is 0.535. The van der Waals surface area contributed by atoms with E-state index in [4.69, 9.17) is 5.73 Å². The predicted octanol–water partition coefficient (Wildman–Crippen LogP) is 2.38. The molecule has 3 aromatic heterocycles. The van der Waals surface area contributed by atoms with Gasteiger partial charge in [0, 0.05) is 11.6 Å². The van der Waals surface area contributed by atoms with Crippen molar-refractivity contribution in [1.82, 2.24) is 4.98 Å². The number of fused-ring (bicyclic) bond motifs is 3. The number of nitrogens with zero attached hydrogens (tertiary/aromatic N) is 1. The van der Waals surface area contributed by atoms with Crippen LogP contribution in [0.2, 0.25) is 0 Å². The minimum Gasteiger partial charge on any atom is -0.506 e. The minimum atomic E-state index is -0.408. The highest BCUT2D eigenvalue weighted by Gasteiger charge is 2.23. The fourth-order valence-electron chi connectivity index (χ4n) is 2.86. The SMILES string of the molecule is N#Cc1c(N)[nH+]c2sc3c(O)cc(=O)[nH]c3c2c1-c1ccccc1. The third kappa shape index (κ3) is 1.94. The number of nitrogens with one attached hydrogen (secondary N) is 2. The number of aromatic amines is 2. The van der Waals surface area contributed by atoms with Gasteiger partial charge in [-0.05, 0) is 5.56 Å². The third-order valence-corrected chi connectivity index (χ3v) is 4.98. The number of anilines is 1. The second kappa shape index (κ2) is 5.08. The number of H-pyrrole nitrogens is 2. The minimum absolute atomic E-state index is 0.0977. The van der Waals surface area contributed by atoms with Crippen molar-refractivity contribution in [2.45, 2.75) is 0 Å². The number of nitriles is 1. The molecule has 0 aliphatic carbocycles. The average Bonchev–Trinajstić information content (AvgIpc) is 2.92. The molecular weight excluding hydrogens is 324 g/mol. The van der Waals surface area contributed by atoms with Gasteiger partial charge < -0.3 is 10.1 Å². The summed E-state index contributed by atoms with van der Waals surface area (Å²) in [5.41, 5.74) is 7.85. The number of nitrogens with two attached hydrogens (primary N) is 1. The zero-order valence-electron chi connectivity index (χ0n) is 12.3. The number of aromatic nitrogens is 2. The van der Waals surface area contributed by atoms with E-state index in [2.05, 4.69) is 16.0 Å². The van der Waals surface area contributed by atoms with Crippen molar-refractivity contribution in [3.05, 3.63) is 52.3 Å². The van der Waals surface area contributed by atoms with Crippen molar-refractivity contribution >= 4 is 37.6 Å². The van der Waals surface area contributed by atoms with E-state index in [1.54, 1.807) is 0 Å². The summed E-state index contributed by atoms with van der Waals surface area (Å²) in [7, 11) is 0. The van der Waals surface area contributed by atoms with Gasteiger partial charge in [-0.25, -0.2) is 4.98 Å². The fraction of sp³-hybridized carbons (Fsp3) is 0. The Morgan fingerprint density at radius 2 is 2.04 bits per heavy atom. The lowest BCUT2D eigenvalue weighted by Crippen LogP contribution is -2.13. The monoisotopic (exact) mass is 335 g/mol. The van der Waals surface area contributed by atoms with Gasteiger partial charge in [0.15, 0.2) is 4.83 Å². The number of hydrogen-bond donors (Lipinski definition) is 3. The molecule has 7 heteroatoms. The summed E-state index contributed by atoms with van der Waals surface area (Å²) in [6.07, 6.45) is 0. The second-order valence-corrected chi connectivity index (χ2v) is 6.32. The molecule has 0 saturated carbocycles. The Kier molecular flexibility index (Phi) is 3.01. The average molecular weight is 335 g/mol. The molecule has 116 valence electrons. The molecule has 5 N–H and O–H groups in total. The molecule has 24 heavy (non-hydrogen) atoms. The van der Waals surface area contributed by atoms with Crippen molar-refractivity contribution in [1.29, 1.82) is 5.26 Å². The molecule has 6 nitrogen and oxygen atoms in total. The van der Waals surface area contributed by atoms with E-state index < -0.39 is 5.56 Å². The first-order valence-corrected chi connectivity index (χ1v) is 7.90. The zero-order chi connectivity index (χ0) is 16.8. The maximum absolute atomic E-state index is 11.8. The van der Waals surface area contributed by atoms with Crippen LogP contribution in [0.3, 0.4) is 0 Å². The summed E-state index contributed by atoms with van der Waals surface area (Å²) >= 11 is 1.27. The van der Waals surface area contributed by atoms with Crippen LogP contribution in [0.15, 0.2) is 41.2 Å². The van der Waals surface area contributed by atoms with Gasteiger partial charge in [0.1, 0.15) is 17.4 Å². The van der Waals surface area contributed by atoms with Gasteiger partial charge in [-0.15, -0.1) is 0 Å². The number of rotatable bonds is 1. The Morgan fingerprint density at radius 1 is 1.29 bits per heavy atom. The van der Waals surface area contributed by atoms with E-state index in [-0.39, 0.29) is 11.6 Å². The smallest absolute Gasteiger partial charge is 0.290 e. The zero-order valence-corrected chi connectivity index (χ0v) is 13.1. The van der Waals surface area contributed by atoms with Gasteiger partial charge >= 0.3 is 0 Å². The number of hydrogen-bond acceptors (Lipinski definition) is 5. The summed E-state index contributed by atoms with van der Waals surface area (Å²) in [6, 6.07) is 12.6. The topological polar surface area (TPSA) is 117 Å². The molecule has 0 fully saturated rings. The van der Waals surface area contributed by atoms with Crippen LogP contribution in [0.4, 0.5) is 5.82 Å². The van der Waals surface area contributed by atoms with Gasteiger partial charge in [-0.2, -0.15) is 5.26 Å². The van der Waals surface area contributed by atoms with E-state index in [1.165, 1.54) is 11.3 Å². The van der Waals surface area contributed by atoms with E-state index in [0.717, 1.165) is 11.6 Å². The molecule has 0 radical (unpaired) electrons. The van der Waals surface area contributed by atoms with Crippen LogP contribution >= 0.6 is 11.3 Å². The van der Waals surface area contributed by atoms with Crippen LogP contribution in [0, 0.1) is 11.3 Å². The molecular formula is C17H11N4O2S+. The van der Waals surface area contributed by atoms with Crippen molar-refractivity contribution in [2.75, 3.05) is 5.73 Å². The summed E-state index contributed by atoms with van der Waals surface area (Å²) in [5, 5.41) is 20.3. The Morgan fingerprint density at radius 3 is 2.75 bits per heavy atom. The molecule has 0 spiro atoms. The summed E-state index contributed by atoms with van der Waals surface area (Å²) in [4.78, 5) is 18.2. The normalized spacial score (nSPS) is 11.0. The summed E-state index contributed by atoms with van der Waals surface area (Å²) in [6.45, 7) is 0. The lowest BCUT2D eigenvalue weighted by atomic mass is 9.97. The van der Waals surface area contributed by atoms with Crippen molar-refractivity contribution in [3.63, 3.8) is 0 Å². The van der Waals surface area contributed by atoms with Crippen LogP contribution in [-0.4, -0.2) is 10.1 Å². The standard InChI is InChI=1S/C17H10N4O2S/c18-7-9-12(8-4-2-1-3-5-8)13-14-15(10(22)6-11(23)20-14)24-17(13)21-16(9)19/h1-6H,(H2,19,21)(H2,20,22,23)/p+1. The lowest BCUT2D eigenvalue weighted by Gasteiger charge is -2.06. The number of aromatic hydroxyl groups is 1. The van der Waals surface area contributed by atoms with Gasteiger partial charge in [-0.3, -0.25) is 10.5 Å². The lowest BCUT2D eigenvalue weighted by molar-refractivity contribution is -0.323. The van der Waals surface area contributed by atoms with Crippen molar-refractivity contribution < 1.29 is 10.1 Å². The quantitative estimate of drug-likeness (QED) is 0.495. The van der Waals surface area contributed by atoms with E-state index >= 15 is 0 Å². The van der Waals surface area contributed by atoms with E-state index in [1.807, 2.05) is 30.3 Å². The highest BCUT2D eigenvalue weighted by molar-refractivity contribution is 7.25. The van der Waals surface area contributed by atoms with Crippen molar-refractivity contribution in [2.24, 2.45) is 0 Å². The van der Waals surface area contributed by atoms with Crippen molar-refractivity contribution in [3.8, 4) is 22.9 Å². The number of benzene rings is 1. The first-order chi connectivity index (χ1) is 11.6. The fourth-order valence-corrected chi connectivity index (χ4v) is 3.95. The van der Waals surface area contributed by atoms with E-state index in [0.29, 0.717) is 31.6 Å². The molecule has 4 rings (SSSR count). The van der Waals surface area contributed by atoms with Crippen LogP contribution in [0.5, 0.6) is 5.75 Å². The van der Waals surface area contributed by atoms with Crippen LogP contribution in [0.25, 0.3) is 31.6 Å². The maximum atomic E-state index is 11.8. The predicted molar refractivity (Wildman–Crippen MR) is 92.7 cm³/mol. The molecule has 0 saturated heterocycles. The largest absolute Gasteiger partial charge is 0.506 e. The van der Waals surface area contributed by atoms with Gasteiger partial charge in [0.2, 0.25) is 0 Å². The van der Waals surface area contributed by atoms with E-state index in [9.17, 15) is 15.2 Å². The molecule has 1 aromatic carbocycles. The molecule has 0 bridgehead atoms. The van der Waals surface area contributed by atoms with Crippen LogP contribution < -0.4 is 16.3 Å². The number of thiophene rings is 1. The van der Waals surface area contributed by atoms with Crippen LogP contribution in [-0.2, 0) is 0 Å². The van der Waals surface area contributed by atoms with Crippen LogP contribution in [0.1, 0.15) is 5.56 Å². The molecule has 4 aromatic rings. The Hall–Kier alpha value is -3.37. The number of pyridine rings is 2. The number of nitrogen functional groups attached to an aromatic ring is 1. The molecule has 3 heterocycles. The second-order valence-electron chi connectivity index (χ2n) is 5.30. The third-order valence-electron chi connectivity index (χ3n) is 3.85. The summed E-state index contributed by atoms with van der Waals surface area (Å²) in [5.74, 6) is 0.150. The highest BCUT2D eigenvalue weighted by atomic mass is 32.1. The molecule has 0 aliphatic heterocycles. The highest BCUT2D eigenvalue weighted by Crippen LogP contribution is 2.41. The van der Waals surface area contributed by atoms with Gasteiger partial charge in [-0.1, -0.05) is 41.7 Å². The van der Waals surface area contributed by atoms with Gasteiger partial charge in [0.25, 0.3) is 11.4 Å². The molecule has 0 amide bonds. The molecule has 0 aliphatic rings. The molecule has 0 atom stereocenters.